The third-order valence-corrected chi connectivity index (χ3v) is 7.81. The summed E-state index contributed by atoms with van der Waals surface area (Å²) in [6, 6.07) is 0.439. The molecule has 10 heteroatoms. The molecule has 0 aliphatic carbocycles. The highest BCUT2D eigenvalue weighted by Gasteiger charge is 2.42. The van der Waals surface area contributed by atoms with Crippen LogP contribution in [0.3, 0.4) is 0 Å². The second kappa shape index (κ2) is 12.1. The third-order valence-electron chi connectivity index (χ3n) is 4.43. The molecule has 0 aliphatic heterocycles. The van der Waals surface area contributed by atoms with Crippen molar-refractivity contribution in [1.82, 2.24) is 13.7 Å². The average molecular weight is 456 g/mol. The van der Waals surface area contributed by atoms with Crippen molar-refractivity contribution in [2.45, 2.75) is 67.2 Å². The molecule has 0 radical (unpaired) electrons. The summed E-state index contributed by atoms with van der Waals surface area (Å²) in [7, 11) is -2.96. The fraction of sp³-hybridized carbons (Fsp3) is 0.667. The zero-order valence-electron chi connectivity index (χ0n) is 19.7. The SMILES string of the molecule is C=C(C)Cn1c(=O)n(CC(=C)C)c(=O)n(CC(C)C[Si](OCC)(OCC)OCC)c1=O. The second-order valence-electron chi connectivity index (χ2n) is 7.84. The summed E-state index contributed by atoms with van der Waals surface area (Å²) in [4.78, 5) is 38.8. The van der Waals surface area contributed by atoms with E-state index in [1.54, 1.807) is 13.8 Å². The van der Waals surface area contributed by atoms with Gasteiger partial charge < -0.3 is 13.3 Å². The molecule has 0 fully saturated rings. The molecule has 0 saturated heterocycles. The molecular formula is C21H37N3O6Si. The predicted molar refractivity (Wildman–Crippen MR) is 123 cm³/mol. The number of hydrogen-bond donors (Lipinski definition) is 0. The van der Waals surface area contributed by atoms with Crippen molar-refractivity contribution < 1.29 is 13.3 Å². The minimum absolute atomic E-state index is 0.0397. The summed E-state index contributed by atoms with van der Waals surface area (Å²) >= 11 is 0. The number of nitrogens with zero attached hydrogens (tertiary/aromatic N) is 3. The Kier molecular flexibility index (Phi) is 10.6. The fourth-order valence-electron chi connectivity index (χ4n) is 3.41. The van der Waals surface area contributed by atoms with Gasteiger partial charge in [0.25, 0.3) is 0 Å². The molecule has 0 saturated carbocycles. The van der Waals surface area contributed by atoms with E-state index in [1.807, 2.05) is 27.7 Å². The lowest BCUT2D eigenvalue weighted by atomic mass is 10.2. The van der Waals surface area contributed by atoms with Crippen LogP contribution in [-0.2, 0) is 32.9 Å². The third kappa shape index (κ3) is 7.27. The standard InChI is InChI=1S/C21H37N3O6Si/c1-9-28-31(29-10-2,30-11-3)15-18(8)14-24-20(26)22(12-16(4)5)19(25)23(21(24)27)13-17(6)7/h18H,4,6,9-15H2,1-3,5,7-8H3. The van der Waals surface area contributed by atoms with Crippen LogP contribution in [0.5, 0.6) is 0 Å². The van der Waals surface area contributed by atoms with Crippen molar-refractivity contribution in [3.63, 3.8) is 0 Å². The maximum absolute atomic E-state index is 13.0. The van der Waals surface area contributed by atoms with Crippen LogP contribution in [0.15, 0.2) is 38.7 Å². The Labute approximate surface area is 184 Å². The molecule has 1 atom stereocenters. The first-order valence-electron chi connectivity index (χ1n) is 10.7. The summed E-state index contributed by atoms with van der Waals surface area (Å²) in [6.07, 6.45) is 0. The number of aromatic nitrogens is 3. The molecule has 1 unspecified atom stereocenters. The Hall–Kier alpha value is -2.01. The van der Waals surface area contributed by atoms with Gasteiger partial charge in [0.1, 0.15) is 0 Å². The Bertz CT molecular complexity index is 875. The number of allylic oxidation sites excluding steroid dienone is 2. The van der Waals surface area contributed by atoms with Crippen LogP contribution in [-0.4, -0.2) is 42.3 Å². The van der Waals surface area contributed by atoms with Gasteiger partial charge in [0.15, 0.2) is 0 Å². The van der Waals surface area contributed by atoms with E-state index < -0.39 is 25.9 Å². The van der Waals surface area contributed by atoms with Gasteiger partial charge in [-0.3, -0.25) is 0 Å². The summed E-state index contributed by atoms with van der Waals surface area (Å²) in [5.41, 5.74) is -0.699. The number of hydrogen-bond acceptors (Lipinski definition) is 6. The first-order chi connectivity index (χ1) is 14.5. The lowest BCUT2D eigenvalue weighted by Crippen LogP contribution is -2.55. The van der Waals surface area contributed by atoms with E-state index in [9.17, 15) is 14.4 Å². The largest absolute Gasteiger partial charge is 0.501 e. The lowest BCUT2D eigenvalue weighted by molar-refractivity contribution is 0.0668. The molecule has 9 nitrogen and oxygen atoms in total. The highest BCUT2D eigenvalue weighted by Crippen LogP contribution is 2.22. The highest BCUT2D eigenvalue weighted by atomic mass is 28.4. The molecule has 31 heavy (non-hydrogen) atoms. The molecule has 1 rings (SSSR count). The van der Waals surface area contributed by atoms with Crippen LogP contribution in [0.1, 0.15) is 41.5 Å². The Morgan fingerprint density at radius 2 is 1.16 bits per heavy atom. The normalized spacial score (nSPS) is 12.7. The van der Waals surface area contributed by atoms with E-state index in [0.29, 0.717) is 37.0 Å². The van der Waals surface area contributed by atoms with E-state index >= 15 is 0 Å². The van der Waals surface area contributed by atoms with Gasteiger partial charge in [-0.1, -0.05) is 31.2 Å². The maximum Gasteiger partial charge on any atom is 0.501 e. The monoisotopic (exact) mass is 455 g/mol. The van der Waals surface area contributed by atoms with Crippen LogP contribution >= 0.6 is 0 Å². The van der Waals surface area contributed by atoms with Gasteiger partial charge >= 0.3 is 25.9 Å². The smallest absolute Gasteiger partial charge is 0.374 e. The average Bonchev–Trinajstić information content (AvgIpc) is 2.66. The van der Waals surface area contributed by atoms with Gasteiger partial charge in [0, 0.05) is 32.4 Å². The molecule has 1 aromatic rings. The van der Waals surface area contributed by atoms with Crippen molar-refractivity contribution in [2.24, 2.45) is 5.92 Å². The highest BCUT2D eigenvalue weighted by molar-refractivity contribution is 6.60. The molecule has 1 heterocycles. The van der Waals surface area contributed by atoms with E-state index in [-0.39, 0.29) is 25.6 Å². The molecule has 176 valence electrons. The van der Waals surface area contributed by atoms with E-state index in [4.69, 9.17) is 13.3 Å². The van der Waals surface area contributed by atoms with Crippen molar-refractivity contribution in [1.29, 1.82) is 0 Å². The zero-order valence-corrected chi connectivity index (χ0v) is 20.7. The van der Waals surface area contributed by atoms with Crippen LogP contribution in [0.4, 0.5) is 0 Å². The first kappa shape index (κ1) is 27.0. The van der Waals surface area contributed by atoms with Crippen molar-refractivity contribution in [2.75, 3.05) is 19.8 Å². The van der Waals surface area contributed by atoms with Gasteiger partial charge in [-0.15, -0.1) is 0 Å². The Morgan fingerprint density at radius 3 is 1.48 bits per heavy atom. The van der Waals surface area contributed by atoms with Crippen LogP contribution in [0.2, 0.25) is 6.04 Å². The summed E-state index contributed by atoms with van der Waals surface area (Å²) in [5.74, 6) is -0.171. The molecule has 0 aromatic carbocycles. The molecule has 0 bridgehead atoms. The van der Waals surface area contributed by atoms with Crippen molar-refractivity contribution in [3.05, 3.63) is 55.8 Å². The van der Waals surface area contributed by atoms with Gasteiger partial charge in [-0.05, 0) is 40.5 Å². The van der Waals surface area contributed by atoms with Gasteiger partial charge in [-0.25, -0.2) is 28.1 Å². The second-order valence-corrected chi connectivity index (χ2v) is 10.5. The summed E-state index contributed by atoms with van der Waals surface area (Å²) in [5, 5.41) is 0. The quantitative estimate of drug-likeness (QED) is 0.315. The van der Waals surface area contributed by atoms with Crippen molar-refractivity contribution in [3.8, 4) is 0 Å². The van der Waals surface area contributed by atoms with Gasteiger partial charge in [0.2, 0.25) is 0 Å². The lowest BCUT2D eigenvalue weighted by Gasteiger charge is -2.30. The summed E-state index contributed by atoms with van der Waals surface area (Å²) < 4.78 is 20.9. The van der Waals surface area contributed by atoms with E-state index in [2.05, 4.69) is 13.2 Å². The number of rotatable bonds is 14. The van der Waals surface area contributed by atoms with Crippen LogP contribution in [0, 0.1) is 5.92 Å². The molecular weight excluding hydrogens is 418 g/mol. The first-order valence-corrected chi connectivity index (χ1v) is 12.6. The summed E-state index contributed by atoms with van der Waals surface area (Å²) in [6.45, 7) is 20.0. The molecule has 0 amide bonds. The molecule has 1 aromatic heterocycles. The van der Waals surface area contributed by atoms with E-state index in [0.717, 1.165) is 13.7 Å². The molecule has 0 aliphatic rings. The minimum atomic E-state index is -2.96. The topological polar surface area (TPSA) is 93.7 Å². The minimum Gasteiger partial charge on any atom is -0.374 e. The van der Waals surface area contributed by atoms with E-state index in [1.165, 1.54) is 0 Å². The predicted octanol–water partition coefficient (Wildman–Crippen LogP) is 2.01. The van der Waals surface area contributed by atoms with Gasteiger partial charge in [0.05, 0.1) is 13.1 Å². The van der Waals surface area contributed by atoms with Crippen LogP contribution < -0.4 is 17.1 Å². The van der Waals surface area contributed by atoms with Gasteiger partial charge in [-0.2, -0.15) is 0 Å². The Morgan fingerprint density at radius 1 is 0.806 bits per heavy atom. The zero-order chi connectivity index (χ0) is 23.8. The van der Waals surface area contributed by atoms with Crippen molar-refractivity contribution >= 4 is 8.80 Å². The molecule has 0 N–H and O–H groups in total. The molecule has 0 spiro atoms. The Balaban J connectivity index is 3.44. The maximum atomic E-state index is 13.0. The fourth-order valence-corrected chi connectivity index (χ4v) is 6.32. The van der Waals surface area contributed by atoms with Crippen LogP contribution in [0.25, 0.3) is 0 Å².